The standard InChI is InChI=1S/C20H22N6O4/c1-3-4-8-20(23-24-20)9-7-16(27)22-15-10-13(18(21)29)5-6-14(15)11-26-17(28)12-25(2)19(26)30/h1,5-6,10H,4,7-9,11-12H2,2H3,(H2,21,29)(H,22,27). The summed E-state index contributed by atoms with van der Waals surface area (Å²) in [7, 11) is 1.53. The van der Waals surface area contributed by atoms with Crippen LogP contribution in [0, 0.1) is 12.3 Å². The predicted molar refractivity (Wildman–Crippen MR) is 107 cm³/mol. The quantitative estimate of drug-likeness (QED) is 0.470. The number of urea groups is 1. The van der Waals surface area contributed by atoms with Gasteiger partial charge in [-0.15, -0.1) is 12.3 Å². The Hall–Kier alpha value is -3.74. The van der Waals surface area contributed by atoms with Gasteiger partial charge in [-0.05, 0) is 17.7 Å². The number of amides is 5. The number of anilines is 1. The molecule has 0 radical (unpaired) electrons. The second-order valence-corrected chi connectivity index (χ2v) is 7.29. The van der Waals surface area contributed by atoms with Crippen LogP contribution >= 0.6 is 0 Å². The van der Waals surface area contributed by atoms with Gasteiger partial charge in [-0.3, -0.25) is 19.3 Å². The lowest BCUT2D eigenvalue weighted by atomic mass is 10.0. The van der Waals surface area contributed by atoms with E-state index >= 15 is 0 Å². The predicted octanol–water partition coefficient (Wildman–Crippen LogP) is 1.47. The van der Waals surface area contributed by atoms with E-state index in [1.54, 1.807) is 6.07 Å². The maximum absolute atomic E-state index is 12.5. The van der Waals surface area contributed by atoms with Gasteiger partial charge in [0.1, 0.15) is 6.54 Å². The normalized spacial score (nSPS) is 16.5. The molecule has 156 valence electrons. The highest BCUT2D eigenvalue weighted by molar-refractivity contribution is 6.02. The lowest BCUT2D eigenvalue weighted by Gasteiger charge is -2.18. The maximum atomic E-state index is 12.5. The summed E-state index contributed by atoms with van der Waals surface area (Å²) in [6.45, 7) is -0.0416. The summed E-state index contributed by atoms with van der Waals surface area (Å²) in [6, 6.07) is 4.06. The minimum Gasteiger partial charge on any atom is -0.366 e. The SMILES string of the molecule is C#CCCC1(CCC(=O)Nc2cc(C(N)=O)ccc2CN2C(=O)CN(C)C2=O)N=N1. The van der Waals surface area contributed by atoms with Gasteiger partial charge in [0.25, 0.3) is 5.91 Å². The Labute approximate surface area is 173 Å². The molecule has 1 aromatic carbocycles. The van der Waals surface area contributed by atoms with Crippen molar-refractivity contribution in [3.8, 4) is 12.3 Å². The van der Waals surface area contributed by atoms with Gasteiger partial charge in [0, 0.05) is 44.0 Å². The summed E-state index contributed by atoms with van der Waals surface area (Å²) in [6.07, 6.45) is 6.93. The monoisotopic (exact) mass is 410 g/mol. The third kappa shape index (κ3) is 4.63. The second-order valence-electron chi connectivity index (χ2n) is 7.29. The number of hydrogen-bond donors (Lipinski definition) is 2. The first-order valence-corrected chi connectivity index (χ1v) is 9.40. The van der Waals surface area contributed by atoms with Crippen LogP contribution in [-0.4, -0.2) is 52.8 Å². The molecular formula is C20H22N6O4. The van der Waals surface area contributed by atoms with Crippen molar-refractivity contribution in [3.63, 3.8) is 0 Å². The zero-order chi connectivity index (χ0) is 21.9. The van der Waals surface area contributed by atoms with Crippen LogP contribution in [0.25, 0.3) is 0 Å². The summed E-state index contributed by atoms with van der Waals surface area (Å²) in [4.78, 5) is 50.7. The van der Waals surface area contributed by atoms with Crippen LogP contribution in [0.5, 0.6) is 0 Å². The van der Waals surface area contributed by atoms with Crippen molar-refractivity contribution in [2.45, 2.75) is 37.9 Å². The van der Waals surface area contributed by atoms with Crippen molar-refractivity contribution >= 4 is 29.4 Å². The first kappa shape index (κ1) is 21.0. The number of nitrogens with two attached hydrogens (primary N) is 1. The average Bonchev–Trinajstić information content (AvgIpc) is 3.44. The number of nitrogens with zero attached hydrogens (tertiary/aromatic N) is 4. The van der Waals surface area contributed by atoms with Crippen molar-refractivity contribution < 1.29 is 19.2 Å². The summed E-state index contributed by atoms with van der Waals surface area (Å²) in [5.74, 6) is 1.22. The number of carbonyl (C=O) groups is 4. The molecule has 0 atom stereocenters. The zero-order valence-electron chi connectivity index (χ0n) is 16.6. The number of rotatable bonds is 9. The van der Waals surface area contributed by atoms with E-state index in [0.717, 1.165) is 4.90 Å². The van der Waals surface area contributed by atoms with E-state index < -0.39 is 17.6 Å². The van der Waals surface area contributed by atoms with Crippen molar-refractivity contribution in [2.24, 2.45) is 16.0 Å². The fourth-order valence-corrected chi connectivity index (χ4v) is 3.17. The number of likely N-dealkylation sites (N-methyl/N-ethyl adjacent to an activating group) is 1. The van der Waals surface area contributed by atoms with Gasteiger partial charge in [0.15, 0.2) is 5.66 Å². The van der Waals surface area contributed by atoms with E-state index in [1.165, 1.54) is 24.1 Å². The lowest BCUT2D eigenvalue weighted by molar-refractivity contribution is -0.125. The van der Waals surface area contributed by atoms with Gasteiger partial charge < -0.3 is 16.0 Å². The first-order valence-electron chi connectivity index (χ1n) is 9.40. The Morgan fingerprint density at radius 2 is 2.03 bits per heavy atom. The van der Waals surface area contributed by atoms with Crippen LogP contribution in [0.3, 0.4) is 0 Å². The van der Waals surface area contributed by atoms with Crippen molar-refractivity contribution in [3.05, 3.63) is 29.3 Å². The third-order valence-electron chi connectivity index (χ3n) is 5.03. The van der Waals surface area contributed by atoms with E-state index in [0.29, 0.717) is 30.5 Å². The Morgan fingerprint density at radius 1 is 1.30 bits per heavy atom. The van der Waals surface area contributed by atoms with Crippen LogP contribution < -0.4 is 11.1 Å². The molecule has 2 aliphatic rings. The Kier molecular flexibility index (Phi) is 5.82. The maximum Gasteiger partial charge on any atom is 0.327 e. The number of nitrogens with one attached hydrogen (secondary N) is 1. The van der Waals surface area contributed by atoms with Gasteiger partial charge in [0.05, 0.1) is 6.54 Å². The number of imide groups is 1. The highest BCUT2D eigenvalue weighted by atomic mass is 16.2. The summed E-state index contributed by atoms with van der Waals surface area (Å²) < 4.78 is 0. The lowest BCUT2D eigenvalue weighted by Crippen LogP contribution is -2.31. The van der Waals surface area contributed by atoms with E-state index in [1.807, 2.05) is 0 Å². The van der Waals surface area contributed by atoms with Gasteiger partial charge in [-0.1, -0.05) is 6.07 Å². The minimum absolute atomic E-state index is 0.00731. The molecule has 0 aromatic heterocycles. The van der Waals surface area contributed by atoms with Gasteiger partial charge in [-0.25, -0.2) is 4.79 Å². The van der Waals surface area contributed by atoms with Gasteiger partial charge in [-0.2, -0.15) is 10.2 Å². The molecule has 3 N–H and O–H groups in total. The Morgan fingerprint density at radius 3 is 2.60 bits per heavy atom. The number of terminal acetylenes is 1. The summed E-state index contributed by atoms with van der Waals surface area (Å²) in [5.41, 5.74) is 5.78. The molecule has 2 heterocycles. The van der Waals surface area contributed by atoms with Gasteiger partial charge >= 0.3 is 6.03 Å². The molecule has 30 heavy (non-hydrogen) atoms. The van der Waals surface area contributed by atoms with E-state index in [9.17, 15) is 19.2 Å². The third-order valence-corrected chi connectivity index (χ3v) is 5.03. The van der Waals surface area contributed by atoms with Crippen LogP contribution in [0.4, 0.5) is 10.5 Å². The number of carbonyl (C=O) groups excluding carboxylic acids is 4. The van der Waals surface area contributed by atoms with E-state index in [4.69, 9.17) is 12.2 Å². The van der Waals surface area contributed by atoms with Crippen LogP contribution in [0.2, 0.25) is 0 Å². The molecule has 1 fully saturated rings. The van der Waals surface area contributed by atoms with Gasteiger partial charge in [0.2, 0.25) is 11.8 Å². The van der Waals surface area contributed by atoms with Crippen LogP contribution in [0.1, 0.15) is 41.6 Å². The number of benzene rings is 1. The average molecular weight is 410 g/mol. The van der Waals surface area contributed by atoms with Crippen LogP contribution in [0.15, 0.2) is 28.4 Å². The molecule has 0 saturated carbocycles. The molecule has 0 unspecified atom stereocenters. The topological polar surface area (TPSA) is 138 Å². The molecule has 2 aliphatic heterocycles. The Bertz CT molecular complexity index is 974. The van der Waals surface area contributed by atoms with E-state index in [-0.39, 0.29) is 36.9 Å². The molecular weight excluding hydrogens is 388 g/mol. The number of hydrogen-bond acceptors (Lipinski definition) is 6. The molecule has 10 nitrogen and oxygen atoms in total. The smallest absolute Gasteiger partial charge is 0.327 e. The molecule has 5 amide bonds. The molecule has 0 spiro atoms. The van der Waals surface area contributed by atoms with Crippen LogP contribution in [-0.2, 0) is 16.1 Å². The Balaban J connectivity index is 1.72. The minimum atomic E-state index is -0.658. The van der Waals surface area contributed by atoms with Crippen molar-refractivity contribution in [1.29, 1.82) is 0 Å². The largest absolute Gasteiger partial charge is 0.366 e. The fourth-order valence-electron chi connectivity index (χ4n) is 3.17. The molecule has 1 aromatic rings. The van der Waals surface area contributed by atoms with Crippen molar-refractivity contribution in [2.75, 3.05) is 18.9 Å². The number of primary amides is 1. The highest BCUT2D eigenvalue weighted by Gasteiger charge is 2.39. The molecule has 10 heteroatoms. The highest BCUT2D eigenvalue weighted by Crippen LogP contribution is 2.37. The molecule has 0 aliphatic carbocycles. The fraction of sp³-hybridized carbons (Fsp3) is 0.400. The molecule has 0 bridgehead atoms. The van der Waals surface area contributed by atoms with E-state index in [2.05, 4.69) is 21.5 Å². The second kappa shape index (κ2) is 8.32. The van der Waals surface area contributed by atoms with Crippen molar-refractivity contribution in [1.82, 2.24) is 9.80 Å². The zero-order valence-corrected chi connectivity index (χ0v) is 16.6. The molecule has 1 saturated heterocycles. The molecule has 3 rings (SSSR count). The summed E-state index contributed by atoms with van der Waals surface area (Å²) >= 11 is 0. The first-order chi connectivity index (χ1) is 14.2. The summed E-state index contributed by atoms with van der Waals surface area (Å²) in [5, 5.41) is 10.7.